The fraction of sp³-hybridized carbons (Fsp3) is 0.304. The molecule has 1 atom stereocenters. The Morgan fingerprint density at radius 2 is 1.90 bits per heavy atom. The highest BCUT2D eigenvalue weighted by atomic mass is 35.5. The zero-order chi connectivity index (χ0) is 21.5. The summed E-state index contributed by atoms with van der Waals surface area (Å²) in [7, 11) is 0. The van der Waals surface area contributed by atoms with Crippen LogP contribution in [0.3, 0.4) is 0 Å². The smallest absolute Gasteiger partial charge is 0.270 e. The quantitative estimate of drug-likeness (QED) is 0.461. The average molecular weight is 446 g/mol. The molecule has 0 saturated carbocycles. The molecule has 0 radical (unpaired) electrons. The monoisotopic (exact) mass is 445 g/mol. The summed E-state index contributed by atoms with van der Waals surface area (Å²) in [6.45, 7) is 5.86. The van der Waals surface area contributed by atoms with E-state index in [1.807, 2.05) is 38.1 Å². The summed E-state index contributed by atoms with van der Waals surface area (Å²) in [4.78, 5) is 19.1. The average Bonchev–Trinajstić information content (AvgIpc) is 3.18. The van der Waals surface area contributed by atoms with Gasteiger partial charge in [-0.1, -0.05) is 42.8 Å². The molecule has 30 heavy (non-hydrogen) atoms. The minimum atomic E-state index is -0.253. The molecule has 0 bridgehead atoms. The van der Waals surface area contributed by atoms with Crippen molar-refractivity contribution >= 4 is 28.8 Å². The number of rotatable bonds is 9. The first-order valence-corrected chi connectivity index (χ1v) is 11.1. The van der Waals surface area contributed by atoms with Gasteiger partial charge in [-0.05, 0) is 48.7 Å². The highest BCUT2D eigenvalue weighted by Gasteiger charge is 2.15. The van der Waals surface area contributed by atoms with Gasteiger partial charge in [-0.25, -0.2) is 9.37 Å². The Morgan fingerprint density at radius 1 is 1.17 bits per heavy atom. The molecule has 1 aromatic heterocycles. The largest absolute Gasteiger partial charge is 0.348 e. The molecule has 0 fully saturated rings. The van der Waals surface area contributed by atoms with Crippen LogP contribution in [0, 0.1) is 5.82 Å². The van der Waals surface area contributed by atoms with E-state index in [0.717, 1.165) is 22.6 Å². The Bertz CT molecular complexity index is 977. The van der Waals surface area contributed by atoms with Gasteiger partial charge in [-0.15, -0.1) is 11.3 Å². The third kappa shape index (κ3) is 6.62. The maximum absolute atomic E-state index is 13.3. The molecule has 3 aromatic rings. The highest BCUT2D eigenvalue weighted by molar-refractivity contribution is 7.09. The summed E-state index contributed by atoms with van der Waals surface area (Å²) in [5.74, 6) is -0.399. The second-order valence-corrected chi connectivity index (χ2v) is 8.69. The third-order valence-electron chi connectivity index (χ3n) is 4.75. The molecule has 2 aromatic carbocycles. The number of nitrogens with one attached hydrogen (secondary N) is 1. The SMILES string of the molecule is CCC(C)NC(=O)c1csc(CN(Cc2ccc(F)cc2)Cc2cccc(Cl)c2)n1. The Morgan fingerprint density at radius 3 is 2.60 bits per heavy atom. The van der Waals surface area contributed by atoms with Crippen molar-refractivity contribution in [3.05, 3.63) is 86.6 Å². The van der Waals surface area contributed by atoms with Gasteiger partial charge in [0.15, 0.2) is 0 Å². The zero-order valence-electron chi connectivity index (χ0n) is 17.1. The van der Waals surface area contributed by atoms with Crippen molar-refractivity contribution in [3.8, 4) is 0 Å². The van der Waals surface area contributed by atoms with Gasteiger partial charge in [0.2, 0.25) is 0 Å². The van der Waals surface area contributed by atoms with Crippen molar-refractivity contribution in [2.75, 3.05) is 0 Å². The number of nitrogens with zero attached hydrogens (tertiary/aromatic N) is 2. The molecular weight excluding hydrogens is 421 g/mol. The molecule has 3 rings (SSSR count). The van der Waals surface area contributed by atoms with Gasteiger partial charge in [0.05, 0.1) is 6.54 Å². The molecule has 0 aliphatic rings. The second-order valence-electron chi connectivity index (χ2n) is 7.31. The fourth-order valence-electron chi connectivity index (χ4n) is 2.99. The molecule has 1 amide bonds. The van der Waals surface area contributed by atoms with Crippen LogP contribution in [0.15, 0.2) is 53.9 Å². The van der Waals surface area contributed by atoms with Gasteiger partial charge in [0, 0.05) is 29.5 Å². The molecule has 0 aliphatic carbocycles. The minimum Gasteiger partial charge on any atom is -0.348 e. The van der Waals surface area contributed by atoms with Gasteiger partial charge in [0.25, 0.3) is 5.91 Å². The number of carbonyl (C=O) groups excluding carboxylic acids is 1. The molecule has 7 heteroatoms. The summed E-state index contributed by atoms with van der Waals surface area (Å²) in [6, 6.07) is 14.3. The Kier molecular flexibility index (Phi) is 7.96. The van der Waals surface area contributed by atoms with Gasteiger partial charge in [-0.3, -0.25) is 9.69 Å². The van der Waals surface area contributed by atoms with Gasteiger partial charge in [-0.2, -0.15) is 0 Å². The lowest BCUT2D eigenvalue weighted by atomic mass is 10.1. The highest BCUT2D eigenvalue weighted by Crippen LogP contribution is 2.19. The van der Waals surface area contributed by atoms with E-state index in [0.29, 0.717) is 30.4 Å². The van der Waals surface area contributed by atoms with E-state index in [2.05, 4.69) is 15.2 Å². The number of halogens is 2. The molecular formula is C23H25ClFN3OS. The van der Waals surface area contributed by atoms with Gasteiger partial charge < -0.3 is 5.32 Å². The van der Waals surface area contributed by atoms with Gasteiger partial charge in [0.1, 0.15) is 16.5 Å². The predicted octanol–water partition coefficient (Wildman–Crippen LogP) is 5.67. The topological polar surface area (TPSA) is 45.2 Å². The van der Waals surface area contributed by atoms with Crippen LogP contribution in [0.25, 0.3) is 0 Å². The Hall–Kier alpha value is -2.28. The molecule has 158 valence electrons. The molecule has 0 saturated heterocycles. The Labute approximate surface area is 185 Å². The van der Waals surface area contributed by atoms with Crippen LogP contribution in [0.2, 0.25) is 5.02 Å². The third-order valence-corrected chi connectivity index (χ3v) is 5.82. The van der Waals surface area contributed by atoms with Crippen LogP contribution in [0.1, 0.15) is 46.9 Å². The summed E-state index contributed by atoms with van der Waals surface area (Å²) >= 11 is 7.61. The summed E-state index contributed by atoms with van der Waals surface area (Å²) in [5.41, 5.74) is 2.53. The normalized spacial score (nSPS) is 12.2. The van der Waals surface area contributed by atoms with Crippen molar-refractivity contribution in [1.29, 1.82) is 0 Å². The van der Waals surface area contributed by atoms with E-state index in [1.54, 1.807) is 17.5 Å². The van der Waals surface area contributed by atoms with Crippen LogP contribution < -0.4 is 5.32 Å². The minimum absolute atomic E-state index is 0.112. The van der Waals surface area contributed by atoms with Crippen molar-refractivity contribution in [2.45, 2.75) is 45.9 Å². The van der Waals surface area contributed by atoms with Gasteiger partial charge >= 0.3 is 0 Å². The molecule has 1 unspecified atom stereocenters. The molecule has 0 aliphatic heterocycles. The maximum Gasteiger partial charge on any atom is 0.270 e. The number of thiazole rings is 1. The molecule has 1 heterocycles. The fourth-order valence-corrected chi connectivity index (χ4v) is 4.02. The number of amides is 1. The summed E-state index contributed by atoms with van der Waals surface area (Å²) in [6.07, 6.45) is 0.869. The lowest BCUT2D eigenvalue weighted by molar-refractivity contribution is 0.0934. The van der Waals surface area contributed by atoms with Crippen LogP contribution in [0.4, 0.5) is 4.39 Å². The van der Waals surface area contributed by atoms with E-state index < -0.39 is 0 Å². The van der Waals surface area contributed by atoms with Crippen LogP contribution in [0.5, 0.6) is 0 Å². The molecule has 1 N–H and O–H groups in total. The van der Waals surface area contributed by atoms with Crippen molar-refractivity contribution in [3.63, 3.8) is 0 Å². The van der Waals surface area contributed by atoms with Crippen molar-refractivity contribution in [2.24, 2.45) is 0 Å². The van der Waals surface area contributed by atoms with Crippen molar-refractivity contribution in [1.82, 2.24) is 15.2 Å². The molecule has 4 nitrogen and oxygen atoms in total. The summed E-state index contributed by atoms with van der Waals surface area (Å²) < 4.78 is 13.3. The maximum atomic E-state index is 13.3. The zero-order valence-corrected chi connectivity index (χ0v) is 18.6. The molecule has 0 spiro atoms. The predicted molar refractivity (Wildman–Crippen MR) is 120 cm³/mol. The standard InChI is InChI=1S/C23H25ClFN3OS/c1-3-16(2)26-23(29)21-15-30-22(27-21)14-28(12-17-7-9-20(25)10-8-17)13-18-5-4-6-19(24)11-18/h4-11,15-16H,3,12-14H2,1-2H3,(H,26,29). The van der Waals surface area contributed by atoms with E-state index >= 15 is 0 Å². The van der Waals surface area contributed by atoms with Crippen molar-refractivity contribution < 1.29 is 9.18 Å². The number of hydrogen-bond donors (Lipinski definition) is 1. The van der Waals surface area contributed by atoms with E-state index in [1.165, 1.54) is 23.5 Å². The van der Waals surface area contributed by atoms with Crippen LogP contribution >= 0.6 is 22.9 Å². The number of hydrogen-bond acceptors (Lipinski definition) is 4. The lowest BCUT2D eigenvalue weighted by Gasteiger charge is -2.21. The number of carbonyl (C=O) groups is 1. The first-order chi connectivity index (χ1) is 14.4. The van der Waals surface area contributed by atoms with E-state index in [9.17, 15) is 9.18 Å². The number of benzene rings is 2. The first-order valence-electron chi connectivity index (χ1n) is 9.89. The number of aromatic nitrogens is 1. The van der Waals surface area contributed by atoms with E-state index in [-0.39, 0.29) is 17.8 Å². The van der Waals surface area contributed by atoms with Crippen LogP contribution in [-0.2, 0) is 19.6 Å². The summed E-state index contributed by atoms with van der Waals surface area (Å²) in [5, 5.41) is 6.28. The second kappa shape index (κ2) is 10.7. The lowest BCUT2D eigenvalue weighted by Crippen LogP contribution is -2.32. The first kappa shape index (κ1) is 22.4. The van der Waals surface area contributed by atoms with E-state index in [4.69, 9.17) is 11.6 Å². The Balaban J connectivity index is 1.74. The van der Waals surface area contributed by atoms with Crippen LogP contribution in [-0.4, -0.2) is 21.8 Å².